The highest BCUT2D eigenvalue weighted by molar-refractivity contribution is 7.99. The van der Waals surface area contributed by atoms with Gasteiger partial charge in [0.05, 0.1) is 7.11 Å². The second-order valence-corrected chi connectivity index (χ2v) is 5.99. The molecule has 1 amide bonds. The van der Waals surface area contributed by atoms with E-state index in [-0.39, 0.29) is 22.8 Å². The molecule has 0 radical (unpaired) electrons. The Balaban J connectivity index is 2.20. The minimum absolute atomic E-state index is 0.0388. The summed E-state index contributed by atoms with van der Waals surface area (Å²) in [5.41, 5.74) is -1.21. The van der Waals surface area contributed by atoms with Crippen LogP contribution in [-0.2, 0) is 4.79 Å². The first-order chi connectivity index (χ1) is 10.9. The number of rotatable bonds is 6. The minimum Gasteiger partial charge on any atom is -0.493 e. The molecule has 23 heavy (non-hydrogen) atoms. The molecule has 1 aromatic carbocycles. The fourth-order valence-electron chi connectivity index (χ4n) is 2.18. The molecule has 0 bridgehead atoms. The van der Waals surface area contributed by atoms with Crippen LogP contribution in [0.15, 0.2) is 18.2 Å². The number of methoxy groups -OCH3 is 1. The zero-order chi connectivity index (χ0) is 17.0. The van der Waals surface area contributed by atoms with Crippen LogP contribution in [0.5, 0.6) is 11.5 Å². The van der Waals surface area contributed by atoms with Crippen molar-refractivity contribution in [2.45, 2.75) is 18.6 Å². The monoisotopic (exact) mass is 347 g/mol. The van der Waals surface area contributed by atoms with E-state index in [9.17, 15) is 23.5 Å². The number of amides is 1. The zero-order valence-corrected chi connectivity index (χ0v) is 13.0. The lowest BCUT2D eigenvalue weighted by atomic mass is 9.98. The van der Waals surface area contributed by atoms with Gasteiger partial charge in [0.1, 0.15) is 5.54 Å². The van der Waals surface area contributed by atoms with Gasteiger partial charge in [-0.15, -0.1) is 0 Å². The van der Waals surface area contributed by atoms with Gasteiger partial charge in [-0.1, -0.05) is 0 Å². The number of hydrogen-bond donors (Lipinski definition) is 2. The summed E-state index contributed by atoms with van der Waals surface area (Å²) in [4.78, 5) is 23.7. The number of alkyl halides is 2. The van der Waals surface area contributed by atoms with Crippen molar-refractivity contribution in [3.05, 3.63) is 23.8 Å². The third-order valence-electron chi connectivity index (χ3n) is 3.43. The number of hydrogen-bond acceptors (Lipinski definition) is 5. The highest BCUT2D eigenvalue weighted by atomic mass is 32.2. The van der Waals surface area contributed by atoms with E-state index in [4.69, 9.17) is 4.74 Å². The average molecular weight is 347 g/mol. The Kier molecular flexibility index (Phi) is 5.30. The molecule has 1 aliphatic heterocycles. The highest BCUT2D eigenvalue weighted by Gasteiger charge is 2.43. The number of carbonyl (C=O) groups excluding carboxylic acids is 1. The van der Waals surface area contributed by atoms with Crippen molar-refractivity contribution in [2.24, 2.45) is 0 Å². The van der Waals surface area contributed by atoms with Crippen LogP contribution in [0, 0.1) is 0 Å². The van der Waals surface area contributed by atoms with Crippen molar-refractivity contribution in [3.8, 4) is 11.5 Å². The van der Waals surface area contributed by atoms with Gasteiger partial charge in [-0.3, -0.25) is 4.79 Å². The van der Waals surface area contributed by atoms with Crippen molar-refractivity contribution >= 4 is 23.6 Å². The van der Waals surface area contributed by atoms with E-state index < -0.39 is 24.0 Å². The molecule has 126 valence electrons. The summed E-state index contributed by atoms with van der Waals surface area (Å²) < 4.78 is 33.8. The number of carbonyl (C=O) groups is 2. The van der Waals surface area contributed by atoms with E-state index >= 15 is 0 Å². The average Bonchev–Trinajstić information content (AvgIpc) is 2.96. The minimum atomic E-state index is -3.02. The van der Waals surface area contributed by atoms with Crippen molar-refractivity contribution in [1.82, 2.24) is 5.32 Å². The first-order valence-electron chi connectivity index (χ1n) is 6.64. The Morgan fingerprint density at radius 3 is 2.65 bits per heavy atom. The fourth-order valence-corrected chi connectivity index (χ4v) is 3.50. The Bertz CT molecular complexity index is 605. The Hall–Kier alpha value is -2.03. The molecule has 1 atom stereocenters. The van der Waals surface area contributed by atoms with Crippen molar-refractivity contribution < 1.29 is 33.0 Å². The van der Waals surface area contributed by atoms with Gasteiger partial charge in [0, 0.05) is 11.3 Å². The van der Waals surface area contributed by atoms with Gasteiger partial charge in [-0.05, 0) is 30.4 Å². The third-order valence-corrected chi connectivity index (χ3v) is 4.62. The third kappa shape index (κ3) is 3.84. The normalized spacial score (nSPS) is 20.3. The summed E-state index contributed by atoms with van der Waals surface area (Å²) in [6.45, 7) is -3.02. The van der Waals surface area contributed by atoms with E-state index in [2.05, 4.69) is 10.1 Å². The topological polar surface area (TPSA) is 84.9 Å². The van der Waals surface area contributed by atoms with Crippen molar-refractivity contribution in [3.63, 3.8) is 0 Å². The molecule has 6 nitrogen and oxygen atoms in total. The van der Waals surface area contributed by atoms with Crippen molar-refractivity contribution in [2.75, 3.05) is 18.6 Å². The maximum Gasteiger partial charge on any atom is 0.387 e. The van der Waals surface area contributed by atoms with E-state index in [1.165, 1.54) is 37.1 Å². The Labute approximate surface area is 135 Å². The van der Waals surface area contributed by atoms with Gasteiger partial charge in [0.2, 0.25) is 0 Å². The lowest BCUT2D eigenvalue weighted by molar-refractivity contribution is -0.143. The second kappa shape index (κ2) is 7.03. The molecular weight excluding hydrogens is 332 g/mol. The van der Waals surface area contributed by atoms with E-state index in [0.29, 0.717) is 12.2 Å². The second-order valence-electron chi connectivity index (χ2n) is 4.89. The molecule has 2 N–H and O–H groups in total. The lowest BCUT2D eigenvalue weighted by Gasteiger charge is -2.24. The van der Waals surface area contributed by atoms with Gasteiger partial charge in [0.25, 0.3) is 5.91 Å². The first-order valence-corrected chi connectivity index (χ1v) is 7.80. The van der Waals surface area contributed by atoms with Crippen LogP contribution in [-0.4, -0.2) is 47.7 Å². The van der Waals surface area contributed by atoms with Crippen LogP contribution in [0.1, 0.15) is 16.8 Å². The van der Waals surface area contributed by atoms with E-state index in [0.717, 1.165) is 0 Å². The molecule has 0 aliphatic carbocycles. The van der Waals surface area contributed by atoms with Crippen LogP contribution in [0.25, 0.3) is 0 Å². The highest BCUT2D eigenvalue weighted by Crippen LogP contribution is 2.31. The lowest BCUT2D eigenvalue weighted by Crippen LogP contribution is -2.54. The number of halogens is 2. The van der Waals surface area contributed by atoms with Gasteiger partial charge in [-0.25, -0.2) is 4.79 Å². The molecule has 0 aromatic heterocycles. The standard InChI is InChI=1S/C14H15F2NO5S/c1-21-10-6-8(2-3-9(10)22-13(15)16)11(18)17-14(12(19)20)4-5-23-7-14/h2-3,6,13H,4-5,7H2,1H3,(H,17,18)(H,19,20). The molecule has 1 aromatic rings. The molecule has 2 rings (SSSR count). The van der Waals surface area contributed by atoms with Crippen molar-refractivity contribution in [1.29, 1.82) is 0 Å². The number of aliphatic carboxylic acids is 1. The number of carboxylic acids is 1. The molecule has 9 heteroatoms. The summed E-state index contributed by atoms with van der Waals surface area (Å²) in [5.74, 6) is -1.04. The molecule has 1 aliphatic rings. The fraction of sp³-hybridized carbons (Fsp3) is 0.429. The smallest absolute Gasteiger partial charge is 0.387 e. The SMILES string of the molecule is COc1cc(C(=O)NC2(C(=O)O)CCSC2)ccc1OC(F)F. The summed E-state index contributed by atoms with van der Waals surface area (Å²) in [6, 6.07) is 3.68. The van der Waals surface area contributed by atoms with Gasteiger partial charge >= 0.3 is 12.6 Å². The molecular formula is C14H15F2NO5S. The Morgan fingerprint density at radius 2 is 2.13 bits per heavy atom. The number of ether oxygens (including phenoxy) is 2. The summed E-state index contributed by atoms with van der Waals surface area (Å²) in [5, 5.41) is 11.9. The van der Waals surface area contributed by atoms with Crippen LogP contribution in [0.2, 0.25) is 0 Å². The molecule has 1 saturated heterocycles. The van der Waals surface area contributed by atoms with Gasteiger partial charge < -0.3 is 19.9 Å². The maximum absolute atomic E-state index is 12.3. The quantitative estimate of drug-likeness (QED) is 0.819. The predicted octanol–water partition coefficient (Wildman–Crippen LogP) is 1.99. The van der Waals surface area contributed by atoms with Crippen LogP contribution in [0.4, 0.5) is 8.78 Å². The number of carboxylic acid groups (broad SMARTS) is 1. The summed E-state index contributed by atoms with van der Waals surface area (Å²) >= 11 is 1.44. The van der Waals surface area contributed by atoms with Crippen LogP contribution < -0.4 is 14.8 Å². The Morgan fingerprint density at radius 1 is 1.39 bits per heavy atom. The van der Waals surface area contributed by atoms with E-state index in [1.807, 2.05) is 0 Å². The first kappa shape index (κ1) is 17.3. The molecule has 0 saturated carbocycles. The van der Waals surface area contributed by atoms with Gasteiger partial charge in [-0.2, -0.15) is 20.5 Å². The maximum atomic E-state index is 12.3. The number of thioether (sulfide) groups is 1. The van der Waals surface area contributed by atoms with E-state index in [1.54, 1.807) is 0 Å². The van der Waals surface area contributed by atoms with Gasteiger partial charge in [0.15, 0.2) is 11.5 Å². The van der Waals surface area contributed by atoms with Crippen LogP contribution >= 0.6 is 11.8 Å². The largest absolute Gasteiger partial charge is 0.493 e. The molecule has 1 heterocycles. The zero-order valence-electron chi connectivity index (χ0n) is 12.2. The number of nitrogens with one attached hydrogen (secondary N) is 1. The summed E-state index contributed by atoms with van der Waals surface area (Å²) in [6.07, 6.45) is 0.322. The predicted molar refractivity (Wildman–Crippen MR) is 79.4 cm³/mol. The molecule has 1 fully saturated rings. The summed E-state index contributed by atoms with van der Waals surface area (Å²) in [7, 11) is 1.25. The number of benzene rings is 1. The van der Waals surface area contributed by atoms with Crippen LogP contribution in [0.3, 0.4) is 0 Å². The molecule has 1 unspecified atom stereocenters. The molecule has 0 spiro atoms.